The van der Waals surface area contributed by atoms with Crippen molar-refractivity contribution in [1.29, 1.82) is 0 Å². The predicted molar refractivity (Wildman–Crippen MR) is 85.4 cm³/mol. The highest BCUT2D eigenvalue weighted by atomic mass is 79.9. The summed E-state index contributed by atoms with van der Waals surface area (Å²) in [5, 5.41) is 0. The van der Waals surface area contributed by atoms with Gasteiger partial charge in [0.1, 0.15) is 0 Å². The molecule has 0 atom stereocenters. The third-order valence-electron chi connectivity index (χ3n) is 3.87. The first kappa shape index (κ1) is 14.3. The summed E-state index contributed by atoms with van der Waals surface area (Å²) in [4.78, 5) is 4.51. The number of nitrogens with zero attached hydrogens (tertiary/aromatic N) is 1. The van der Waals surface area contributed by atoms with Gasteiger partial charge in [-0.3, -0.25) is 4.98 Å². The molecular weight excluding hydrogens is 298 g/mol. The summed E-state index contributed by atoms with van der Waals surface area (Å²) in [7, 11) is 0. The first-order valence-corrected chi connectivity index (χ1v) is 7.46. The topological polar surface area (TPSA) is 12.9 Å². The van der Waals surface area contributed by atoms with Crippen molar-refractivity contribution < 1.29 is 0 Å². The molecular formula is C17H20BrN. The van der Waals surface area contributed by atoms with Gasteiger partial charge in [-0.25, -0.2) is 0 Å². The van der Waals surface area contributed by atoms with Crippen LogP contribution in [0.3, 0.4) is 0 Å². The Morgan fingerprint density at radius 2 is 1.95 bits per heavy atom. The van der Waals surface area contributed by atoms with E-state index in [1.807, 2.05) is 6.20 Å². The number of pyridine rings is 1. The Balaban J connectivity index is 2.46. The van der Waals surface area contributed by atoms with Gasteiger partial charge in [0.15, 0.2) is 0 Å². The fourth-order valence-corrected chi connectivity index (χ4v) is 2.22. The van der Waals surface area contributed by atoms with Gasteiger partial charge in [-0.1, -0.05) is 39.0 Å². The molecule has 2 rings (SSSR count). The Morgan fingerprint density at radius 3 is 2.58 bits per heavy atom. The summed E-state index contributed by atoms with van der Waals surface area (Å²) in [6.45, 7) is 8.89. The number of halogens is 1. The van der Waals surface area contributed by atoms with Gasteiger partial charge >= 0.3 is 0 Å². The molecule has 0 N–H and O–H groups in total. The minimum absolute atomic E-state index is 0.209. The molecule has 0 fully saturated rings. The van der Waals surface area contributed by atoms with Crippen LogP contribution in [0.25, 0.3) is 11.3 Å². The lowest BCUT2D eigenvalue weighted by atomic mass is 9.81. The first-order chi connectivity index (χ1) is 8.94. The van der Waals surface area contributed by atoms with Crippen molar-refractivity contribution >= 4 is 15.9 Å². The van der Waals surface area contributed by atoms with E-state index in [4.69, 9.17) is 0 Å². The Kier molecular flexibility index (Phi) is 4.10. The molecule has 0 aliphatic carbocycles. The van der Waals surface area contributed by atoms with Gasteiger partial charge in [0.05, 0.1) is 5.69 Å². The van der Waals surface area contributed by atoms with Crippen molar-refractivity contribution in [2.45, 2.75) is 39.5 Å². The van der Waals surface area contributed by atoms with E-state index < -0.39 is 0 Å². The van der Waals surface area contributed by atoms with Crippen LogP contribution in [0.2, 0.25) is 0 Å². The lowest BCUT2D eigenvalue weighted by molar-refractivity contribution is 0.506. The third kappa shape index (κ3) is 3.06. The minimum Gasteiger partial charge on any atom is -0.255 e. The zero-order chi connectivity index (χ0) is 14.0. The average Bonchev–Trinajstić information content (AvgIpc) is 2.42. The molecule has 0 amide bonds. The van der Waals surface area contributed by atoms with E-state index in [9.17, 15) is 0 Å². The fraction of sp³-hybridized carbons (Fsp3) is 0.353. The van der Waals surface area contributed by atoms with Crippen LogP contribution in [0.4, 0.5) is 0 Å². The van der Waals surface area contributed by atoms with E-state index in [0.29, 0.717) is 0 Å². The number of benzene rings is 1. The van der Waals surface area contributed by atoms with Crippen LogP contribution < -0.4 is 0 Å². The molecule has 1 aromatic carbocycles. The Bertz CT molecular complexity index is 588. The Hall–Kier alpha value is -1.15. The second kappa shape index (κ2) is 5.46. The highest BCUT2D eigenvalue weighted by molar-refractivity contribution is 9.10. The highest BCUT2D eigenvalue weighted by Crippen LogP contribution is 2.30. The van der Waals surface area contributed by atoms with Gasteiger partial charge in [0.2, 0.25) is 0 Å². The van der Waals surface area contributed by atoms with Gasteiger partial charge in [-0.15, -0.1) is 0 Å². The number of rotatable bonds is 3. The molecule has 1 aromatic heterocycles. The molecule has 100 valence electrons. The minimum atomic E-state index is 0.209. The molecule has 1 heterocycles. The standard InChI is InChI=1S/C17H20BrN/c1-5-17(3,4)14-8-6-7-13(10-14)16-9-12(2)15(18)11-19-16/h6-11H,5H2,1-4H3. The van der Waals surface area contributed by atoms with Crippen molar-refractivity contribution in [3.05, 3.63) is 52.1 Å². The van der Waals surface area contributed by atoms with Crippen LogP contribution >= 0.6 is 15.9 Å². The molecule has 19 heavy (non-hydrogen) atoms. The molecule has 0 unspecified atom stereocenters. The molecule has 1 nitrogen and oxygen atoms in total. The maximum Gasteiger partial charge on any atom is 0.0705 e. The maximum atomic E-state index is 4.51. The summed E-state index contributed by atoms with van der Waals surface area (Å²) >= 11 is 3.50. The molecule has 2 aromatic rings. The quantitative estimate of drug-likeness (QED) is 0.727. The van der Waals surface area contributed by atoms with E-state index in [2.05, 4.69) is 78.9 Å². The molecule has 2 heteroatoms. The van der Waals surface area contributed by atoms with Gasteiger partial charge in [-0.05, 0) is 57.9 Å². The number of hydrogen-bond acceptors (Lipinski definition) is 1. The molecule has 0 aliphatic rings. The monoisotopic (exact) mass is 317 g/mol. The van der Waals surface area contributed by atoms with E-state index in [1.54, 1.807) is 0 Å². The van der Waals surface area contributed by atoms with Gasteiger partial charge in [0, 0.05) is 16.2 Å². The Morgan fingerprint density at radius 1 is 1.21 bits per heavy atom. The van der Waals surface area contributed by atoms with E-state index >= 15 is 0 Å². The van der Waals surface area contributed by atoms with Crippen LogP contribution in [-0.2, 0) is 5.41 Å². The second-order valence-corrected chi connectivity index (χ2v) is 6.49. The van der Waals surface area contributed by atoms with Crippen molar-refractivity contribution in [1.82, 2.24) is 4.98 Å². The second-order valence-electron chi connectivity index (χ2n) is 5.64. The van der Waals surface area contributed by atoms with Crippen molar-refractivity contribution in [2.24, 2.45) is 0 Å². The number of aromatic nitrogens is 1. The van der Waals surface area contributed by atoms with Gasteiger partial charge < -0.3 is 0 Å². The smallest absolute Gasteiger partial charge is 0.0705 e. The SMILES string of the molecule is CCC(C)(C)c1cccc(-c2cc(C)c(Br)cn2)c1. The average molecular weight is 318 g/mol. The summed E-state index contributed by atoms with van der Waals surface area (Å²) in [6, 6.07) is 10.9. The molecule has 0 aliphatic heterocycles. The summed E-state index contributed by atoms with van der Waals surface area (Å²) in [6.07, 6.45) is 3.01. The molecule has 0 bridgehead atoms. The van der Waals surface area contributed by atoms with Gasteiger partial charge in [-0.2, -0.15) is 0 Å². The van der Waals surface area contributed by atoms with E-state index in [1.165, 1.54) is 16.7 Å². The van der Waals surface area contributed by atoms with Crippen LogP contribution in [0, 0.1) is 6.92 Å². The van der Waals surface area contributed by atoms with Crippen LogP contribution in [0.1, 0.15) is 38.3 Å². The summed E-state index contributed by atoms with van der Waals surface area (Å²) in [5.74, 6) is 0. The van der Waals surface area contributed by atoms with Crippen LogP contribution in [0.15, 0.2) is 41.0 Å². The summed E-state index contributed by atoms with van der Waals surface area (Å²) < 4.78 is 1.06. The third-order valence-corrected chi connectivity index (χ3v) is 4.70. The zero-order valence-electron chi connectivity index (χ0n) is 12.0. The molecule has 0 saturated carbocycles. The molecule has 0 saturated heterocycles. The normalized spacial score (nSPS) is 11.6. The summed E-state index contributed by atoms with van der Waals surface area (Å²) in [5.41, 5.74) is 5.02. The van der Waals surface area contributed by atoms with Crippen molar-refractivity contribution in [2.75, 3.05) is 0 Å². The predicted octanol–water partition coefficient (Wildman–Crippen LogP) is 5.51. The van der Waals surface area contributed by atoms with Crippen molar-refractivity contribution in [3.63, 3.8) is 0 Å². The van der Waals surface area contributed by atoms with Gasteiger partial charge in [0.25, 0.3) is 0 Å². The lowest BCUT2D eigenvalue weighted by Crippen LogP contribution is -2.15. The zero-order valence-corrected chi connectivity index (χ0v) is 13.6. The highest BCUT2D eigenvalue weighted by Gasteiger charge is 2.18. The van der Waals surface area contributed by atoms with E-state index in [0.717, 1.165) is 16.6 Å². The van der Waals surface area contributed by atoms with Crippen LogP contribution in [-0.4, -0.2) is 4.98 Å². The lowest BCUT2D eigenvalue weighted by Gasteiger charge is -2.23. The van der Waals surface area contributed by atoms with Crippen molar-refractivity contribution in [3.8, 4) is 11.3 Å². The maximum absolute atomic E-state index is 4.51. The van der Waals surface area contributed by atoms with E-state index in [-0.39, 0.29) is 5.41 Å². The van der Waals surface area contributed by atoms with Crippen LogP contribution in [0.5, 0.6) is 0 Å². The number of aryl methyl sites for hydroxylation is 1. The number of hydrogen-bond donors (Lipinski definition) is 0. The molecule has 0 radical (unpaired) electrons. The molecule has 0 spiro atoms. The Labute approximate surface area is 124 Å². The fourth-order valence-electron chi connectivity index (χ4n) is 2.00. The largest absolute Gasteiger partial charge is 0.255 e. The first-order valence-electron chi connectivity index (χ1n) is 6.67.